The van der Waals surface area contributed by atoms with Crippen LogP contribution in [0.25, 0.3) is 0 Å². The van der Waals surface area contributed by atoms with Gasteiger partial charge in [-0.1, -0.05) is 0 Å². The summed E-state index contributed by atoms with van der Waals surface area (Å²) in [4.78, 5) is 0. The quantitative estimate of drug-likeness (QED) is 0.724. The average Bonchev–Trinajstić information content (AvgIpc) is 2.54. The molecule has 1 aromatic heterocycles. The van der Waals surface area contributed by atoms with Gasteiger partial charge in [0.05, 0.1) is 0 Å². The van der Waals surface area contributed by atoms with Gasteiger partial charge >= 0.3 is 0 Å². The van der Waals surface area contributed by atoms with Crippen molar-refractivity contribution in [2.45, 2.75) is 18.8 Å². The van der Waals surface area contributed by atoms with Crippen LogP contribution < -0.4 is 5.73 Å². The van der Waals surface area contributed by atoms with Crippen LogP contribution in [0.5, 0.6) is 0 Å². The van der Waals surface area contributed by atoms with Crippen LogP contribution in [0, 0.1) is 0 Å². The third kappa shape index (κ3) is 2.35. The summed E-state index contributed by atoms with van der Waals surface area (Å²) in [5.74, 6) is 1.14. The third-order valence-electron chi connectivity index (χ3n) is 2.28. The normalized spacial score (nSPS) is 18.2. The fraction of sp³-hybridized carbons (Fsp3) is 0.625. The summed E-state index contributed by atoms with van der Waals surface area (Å²) in [6, 6.07) is 1.91. The maximum atomic E-state index is 5.51. The number of aromatic nitrogens is 2. The molecule has 2 heterocycles. The summed E-state index contributed by atoms with van der Waals surface area (Å²) >= 11 is 0. The van der Waals surface area contributed by atoms with Gasteiger partial charge in [-0.05, 0) is 12.8 Å². The van der Waals surface area contributed by atoms with E-state index >= 15 is 0 Å². The molecule has 0 aliphatic carbocycles. The largest absolute Gasteiger partial charge is 0.382 e. The van der Waals surface area contributed by atoms with Crippen LogP contribution in [0.15, 0.2) is 6.07 Å². The Kier molecular flexibility index (Phi) is 3.57. The van der Waals surface area contributed by atoms with Crippen molar-refractivity contribution in [3.05, 3.63) is 11.8 Å². The predicted molar refractivity (Wildman–Crippen MR) is 53.0 cm³/mol. The molecule has 1 aliphatic rings. The molecule has 0 unspecified atom stereocenters. The molecule has 1 saturated heterocycles. The zero-order valence-electron chi connectivity index (χ0n) is 7.32. The van der Waals surface area contributed by atoms with Crippen molar-refractivity contribution < 1.29 is 4.74 Å². The van der Waals surface area contributed by atoms with E-state index in [1.165, 1.54) is 0 Å². The Bertz CT molecular complexity index is 258. The Balaban J connectivity index is 0.000000845. The van der Waals surface area contributed by atoms with E-state index in [0.29, 0.717) is 11.7 Å². The molecule has 3 N–H and O–H groups in total. The van der Waals surface area contributed by atoms with Crippen molar-refractivity contribution in [1.82, 2.24) is 10.2 Å². The van der Waals surface area contributed by atoms with Gasteiger partial charge in [-0.25, -0.2) is 0 Å². The molecule has 13 heavy (non-hydrogen) atoms. The van der Waals surface area contributed by atoms with E-state index in [1.807, 2.05) is 6.07 Å². The molecular formula is C8H14ClN3O. The molecule has 0 spiro atoms. The van der Waals surface area contributed by atoms with Crippen molar-refractivity contribution in [3.63, 3.8) is 0 Å². The average molecular weight is 204 g/mol. The van der Waals surface area contributed by atoms with E-state index in [4.69, 9.17) is 10.5 Å². The molecule has 4 nitrogen and oxygen atoms in total. The summed E-state index contributed by atoms with van der Waals surface area (Å²) < 4.78 is 5.26. The first-order valence-corrected chi connectivity index (χ1v) is 4.25. The summed E-state index contributed by atoms with van der Waals surface area (Å²) in [7, 11) is 0. The molecule has 0 bridgehead atoms. The summed E-state index contributed by atoms with van der Waals surface area (Å²) in [5.41, 5.74) is 6.66. The van der Waals surface area contributed by atoms with Crippen molar-refractivity contribution in [2.75, 3.05) is 18.9 Å². The van der Waals surface area contributed by atoms with E-state index in [9.17, 15) is 0 Å². The maximum Gasteiger partial charge on any atom is 0.145 e. The summed E-state index contributed by atoms with van der Waals surface area (Å²) in [6.45, 7) is 1.70. The standard InChI is InChI=1S/C8H13N3O.ClH/c9-8-5-7(10-11-8)6-1-3-12-4-2-6;/h5-6H,1-4H2,(H3,9,10,11);1H. The summed E-state index contributed by atoms with van der Waals surface area (Å²) in [6.07, 6.45) is 2.14. The topological polar surface area (TPSA) is 63.9 Å². The molecule has 0 amide bonds. The van der Waals surface area contributed by atoms with Gasteiger partial charge in [-0.15, -0.1) is 12.4 Å². The van der Waals surface area contributed by atoms with E-state index in [0.717, 1.165) is 31.7 Å². The molecule has 5 heteroatoms. The Morgan fingerprint density at radius 1 is 1.46 bits per heavy atom. The number of ether oxygens (including phenoxy) is 1. The Morgan fingerprint density at radius 2 is 2.15 bits per heavy atom. The van der Waals surface area contributed by atoms with Gasteiger partial charge in [-0.2, -0.15) is 5.10 Å². The van der Waals surface area contributed by atoms with Crippen LogP contribution >= 0.6 is 12.4 Å². The number of nitrogens with two attached hydrogens (primary N) is 1. The van der Waals surface area contributed by atoms with Crippen molar-refractivity contribution >= 4 is 18.2 Å². The van der Waals surface area contributed by atoms with Crippen LogP contribution in [0.4, 0.5) is 5.82 Å². The molecule has 74 valence electrons. The molecule has 0 radical (unpaired) electrons. The fourth-order valence-electron chi connectivity index (χ4n) is 1.57. The van der Waals surface area contributed by atoms with Crippen LogP contribution in [0.3, 0.4) is 0 Å². The minimum absolute atomic E-state index is 0. The molecule has 1 fully saturated rings. The number of hydrogen-bond acceptors (Lipinski definition) is 3. The van der Waals surface area contributed by atoms with Gasteiger partial charge in [0.1, 0.15) is 5.82 Å². The van der Waals surface area contributed by atoms with Crippen molar-refractivity contribution in [2.24, 2.45) is 0 Å². The van der Waals surface area contributed by atoms with E-state index < -0.39 is 0 Å². The number of rotatable bonds is 1. The number of H-pyrrole nitrogens is 1. The van der Waals surface area contributed by atoms with Gasteiger partial charge in [0, 0.05) is 30.9 Å². The van der Waals surface area contributed by atoms with Gasteiger partial charge < -0.3 is 10.5 Å². The number of aromatic amines is 1. The fourth-order valence-corrected chi connectivity index (χ4v) is 1.57. The second-order valence-corrected chi connectivity index (χ2v) is 3.13. The van der Waals surface area contributed by atoms with Gasteiger partial charge in [0.15, 0.2) is 0 Å². The Labute approximate surface area is 83.3 Å². The first-order valence-electron chi connectivity index (χ1n) is 4.25. The Hall–Kier alpha value is -0.740. The van der Waals surface area contributed by atoms with Crippen LogP contribution in [-0.4, -0.2) is 23.4 Å². The highest BCUT2D eigenvalue weighted by atomic mass is 35.5. The highest BCUT2D eigenvalue weighted by Gasteiger charge is 2.17. The molecular weight excluding hydrogens is 190 g/mol. The van der Waals surface area contributed by atoms with Crippen LogP contribution in [0.1, 0.15) is 24.5 Å². The molecule has 1 aliphatic heterocycles. The summed E-state index contributed by atoms with van der Waals surface area (Å²) in [5, 5.41) is 6.85. The van der Waals surface area contributed by atoms with Crippen molar-refractivity contribution in [1.29, 1.82) is 0 Å². The lowest BCUT2D eigenvalue weighted by atomic mass is 9.97. The third-order valence-corrected chi connectivity index (χ3v) is 2.28. The number of hydrogen-bond donors (Lipinski definition) is 2. The SMILES string of the molecule is Cl.Nc1cc(C2CCOCC2)[nH]n1. The highest BCUT2D eigenvalue weighted by Crippen LogP contribution is 2.25. The number of nitrogens with one attached hydrogen (secondary N) is 1. The zero-order valence-corrected chi connectivity index (χ0v) is 8.14. The second kappa shape index (κ2) is 4.48. The number of halogens is 1. The second-order valence-electron chi connectivity index (χ2n) is 3.13. The smallest absolute Gasteiger partial charge is 0.145 e. The van der Waals surface area contributed by atoms with E-state index in [2.05, 4.69) is 10.2 Å². The molecule has 2 rings (SSSR count). The lowest BCUT2D eigenvalue weighted by molar-refractivity contribution is 0.0845. The Morgan fingerprint density at radius 3 is 2.69 bits per heavy atom. The zero-order chi connectivity index (χ0) is 8.39. The van der Waals surface area contributed by atoms with Gasteiger partial charge in [-0.3, -0.25) is 5.10 Å². The maximum absolute atomic E-state index is 5.51. The minimum atomic E-state index is 0. The molecule has 0 atom stereocenters. The number of nitrogens with zero attached hydrogens (tertiary/aromatic N) is 1. The molecule has 1 aromatic rings. The lowest BCUT2D eigenvalue weighted by Gasteiger charge is -2.20. The first kappa shape index (κ1) is 10.3. The number of nitrogen functional groups attached to an aromatic ring is 1. The molecule has 0 aromatic carbocycles. The van der Waals surface area contributed by atoms with Crippen LogP contribution in [0.2, 0.25) is 0 Å². The number of anilines is 1. The first-order chi connectivity index (χ1) is 5.86. The van der Waals surface area contributed by atoms with Gasteiger partial charge in [0.2, 0.25) is 0 Å². The minimum Gasteiger partial charge on any atom is -0.382 e. The van der Waals surface area contributed by atoms with E-state index in [1.54, 1.807) is 0 Å². The van der Waals surface area contributed by atoms with Crippen LogP contribution in [-0.2, 0) is 4.74 Å². The monoisotopic (exact) mass is 203 g/mol. The lowest BCUT2D eigenvalue weighted by Crippen LogP contribution is -2.14. The van der Waals surface area contributed by atoms with Crippen molar-refractivity contribution in [3.8, 4) is 0 Å². The predicted octanol–water partition coefficient (Wildman–Crippen LogP) is 1.31. The van der Waals surface area contributed by atoms with E-state index in [-0.39, 0.29) is 12.4 Å². The highest BCUT2D eigenvalue weighted by molar-refractivity contribution is 5.85. The molecule has 0 saturated carbocycles. The van der Waals surface area contributed by atoms with Gasteiger partial charge in [0.25, 0.3) is 0 Å².